The third-order valence-corrected chi connectivity index (χ3v) is 1.55. The van der Waals surface area contributed by atoms with Crippen LogP contribution >= 0.6 is 0 Å². The number of esters is 1. The third kappa shape index (κ3) is 6.73. The van der Waals surface area contributed by atoms with Crippen molar-refractivity contribution in [3.8, 4) is 0 Å². The molecule has 0 aromatic heterocycles. The van der Waals surface area contributed by atoms with Crippen molar-refractivity contribution in [2.75, 3.05) is 13.7 Å². The molecule has 0 aromatic carbocycles. The van der Waals surface area contributed by atoms with E-state index in [1.165, 1.54) is 7.11 Å². The molecule has 1 aliphatic rings. The molecule has 1 heterocycles. The number of ether oxygens (including phenoxy) is 1. The molecule has 1 saturated heterocycles. The lowest BCUT2D eigenvalue weighted by atomic mass is 10.2. The van der Waals surface area contributed by atoms with E-state index in [0.29, 0.717) is 0 Å². The predicted molar refractivity (Wildman–Crippen MR) is 35.3 cm³/mol. The summed E-state index contributed by atoms with van der Waals surface area (Å²) in [6, 6.07) is -0.0324. The van der Waals surface area contributed by atoms with Gasteiger partial charge in [0.2, 0.25) is 0 Å². The molecule has 78 valence electrons. The van der Waals surface area contributed by atoms with Crippen LogP contribution in [0.25, 0.3) is 0 Å². The quantitative estimate of drug-likeness (QED) is 0.449. The average Bonchev–Trinajstić information content (AvgIpc) is 2.54. The van der Waals surface area contributed by atoms with Gasteiger partial charge < -0.3 is 19.4 Å². The van der Waals surface area contributed by atoms with Crippen LogP contribution < -0.4 is 14.6 Å². The fourth-order valence-electron chi connectivity index (χ4n) is 1.03. The van der Waals surface area contributed by atoms with Crippen LogP contribution in [0.4, 0.5) is 0 Å². The third-order valence-electron chi connectivity index (χ3n) is 1.55. The molecule has 6 nitrogen and oxygen atoms in total. The molecule has 1 fully saturated rings. The molecule has 0 aliphatic carbocycles. The van der Waals surface area contributed by atoms with Crippen molar-refractivity contribution in [1.82, 2.24) is 5.32 Å². The lowest BCUT2D eigenvalue weighted by Gasteiger charge is -2.04. The summed E-state index contributed by atoms with van der Waals surface area (Å²) in [6.45, 7) is 0.944. The Labute approximate surface area is 78.9 Å². The van der Waals surface area contributed by atoms with Crippen LogP contribution in [-0.4, -0.2) is 30.3 Å². The Morgan fingerprint density at radius 2 is 2.23 bits per heavy atom. The molecule has 1 rings (SSSR count). The molecule has 0 bridgehead atoms. The van der Waals surface area contributed by atoms with Crippen molar-refractivity contribution < 1.29 is 34.3 Å². The number of halogens is 1. The van der Waals surface area contributed by atoms with Gasteiger partial charge in [-0.25, -0.2) is 0 Å². The first kappa shape index (κ1) is 12.6. The fourth-order valence-corrected chi connectivity index (χ4v) is 1.03. The first-order valence-corrected chi connectivity index (χ1v) is 4.59. The number of hydrogen-bond acceptors (Lipinski definition) is 6. The molecule has 1 aliphatic heterocycles. The number of hydrogen-bond donors (Lipinski definition) is 2. The molecule has 0 aromatic rings. The molecule has 0 amide bonds. The van der Waals surface area contributed by atoms with E-state index in [9.17, 15) is 4.79 Å². The Bertz CT molecular complexity index is 145. The molecule has 0 unspecified atom stereocenters. The highest BCUT2D eigenvalue weighted by atomic mass is 35.6. The number of methoxy groups -OCH3 is 1. The van der Waals surface area contributed by atoms with Gasteiger partial charge in [-0.15, -0.1) is 0 Å². The van der Waals surface area contributed by atoms with Crippen LogP contribution in [0.1, 0.15) is 12.8 Å². The normalized spacial score (nSPS) is 20.8. The summed E-state index contributed by atoms with van der Waals surface area (Å²) in [5.74, 6) is -0.132. The van der Waals surface area contributed by atoms with E-state index in [0.717, 1.165) is 19.4 Å². The van der Waals surface area contributed by atoms with Crippen molar-refractivity contribution in [2.24, 2.45) is 0 Å². The summed E-state index contributed by atoms with van der Waals surface area (Å²) < 4.78 is 28.5. The Morgan fingerprint density at radius 3 is 2.54 bits per heavy atom. The van der Waals surface area contributed by atoms with Crippen molar-refractivity contribution in [3.63, 3.8) is 0 Å². The minimum absolute atomic E-state index is 0.0324. The molecular weight excluding hydrogens is 202 g/mol. The van der Waals surface area contributed by atoms with Crippen LogP contribution in [0, 0.1) is 10.8 Å². The van der Waals surface area contributed by atoms with Crippen molar-refractivity contribution in [3.05, 3.63) is 0 Å². The standard InChI is InChI=1S/C6H11NO2.ClHO3/c1-9-6(8)5-3-2-4-7-5;2-1(3)4/h5,7H,2-4H2,1H3;2H/t5-;/m0./s1. The smallest absolute Gasteiger partial charge is 0.322 e. The first-order chi connectivity index (χ1) is 6.07. The summed E-state index contributed by atoms with van der Waals surface area (Å²) in [4.78, 5) is 10.7. The highest BCUT2D eigenvalue weighted by Gasteiger charge is 2.21. The van der Waals surface area contributed by atoms with Crippen molar-refractivity contribution in [2.45, 2.75) is 18.9 Å². The number of nitrogens with one attached hydrogen (secondary N) is 1. The molecular formula is C6H12ClNO5. The second-order valence-corrected chi connectivity index (χ2v) is 2.78. The SMILES string of the molecule is COC(=O)[C@@H]1CCCN1.[O-][Cl+2]([O-])O. The Kier molecular flexibility index (Phi) is 6.83. The van der Waals surface area contributed by atoms with Crippen LogP contribution in [0.3, 0.4) is 0 Å². The number of rotatable bonds is 1. The lowest BCUT2D eigenvalue weighted by Crippen LogP contribution is -2.31. The summed E-state index contributed by atoms with van der Waals surface area (Å²) in [5, 5.41) is 3.03. The average molecular weight is 214 g/mol. The molecule has 0 saturated carbocycles. The van der Waals surface area contributed by atoms with Gasteiger partial charge in [-0.3, -0.25) is 4.79 Å². The van der Waals surface area contributed by atoms with Gasteiger partial charge in [0.1, 0.15) is 6.04 Å². The summed E-state index contributed by atoms with van der Waals surface area (Å²) in [6.07, 6.45) is 2.01. The maximum Gasteiger partial charge on any atom is 0.322 e. The summed E-state index contributed by atoms with van der Waals surface area (Å²) in [5.41, 5.74) is 0. The Balaban J connectivity index is 0.000000310. The minimum Gasteiger partial charge on any atom is -0.468 e. The Hall–Kier alpha value is -0.400. The van der Waals surface area contributed by atoms with Gasteiger partial charge in [-0.1, -0.05) is 0 Å². The minimum atomic E-state index is -2.60. The van der Waals surface area contributed by atoms with E-state index in [2.05, 4.69) is 10.1 Å². The second kappa shape index (κ2) is 7.05. The van der Waals surface area contributed by atoms with Crippen molar-refractivity contribution in [1.29, 1.82) is 0 Å². The second-order valence-electron chi connectivity index (χ2n) is 2.37. The highest BCUT2D eigenvalue weighted by molar-refractivity contribution is 5.75. The van der Waals surface area contributed by atoms with Gasteiger partial charge in [-0.05, 0) is 19.4 Å². The maximum atomic E-state index is 10.7. The van der Waals surface area contributed by atoms with Crippen LogP contribution in [0.2, 0.25) is 0 Å². The molecule has 7 heteroatoms. The van der Waals surface area contributed by atoms with Crippen molar-refractivity contribution >= 4 is 5.97 Å². The van der Waals surface area contributed by atoms with Gasteiger partial charge in [0.15, 0.2) is 0 Å². The lowest BCUT2D eigenvalue weighted by molar-refractivity contribution is -1.63. The molecule has 0 spiro atoms. The summed E-state index contributed by atoms with van der Waals surface area (Å²) in [7, 11) is -1.18. The van der Waals surface area contributed by atoms with E-state index in [4.69, 9.17) is 14.0 Å². The van der Waals surface area contributed by atoms with Gasteiger partial charge in [-0.2, -0.15) is 0 Å². The molecule has 2 N–H and O–H groups in total. The Morgan fingerprint density at radius 1 is 1.69 bits per heavy atom. The fraction of sp³-hybridized carbons (Fsp3) is 0.833. The zero-order valence-electron chi connectivity index (χ0n) is 7.16. The molecule has 1 atom stereocenters. The topological polar surface area (TPSA) is 105 Å². The van der Waals surface area contributed by atoms with Crippen LogP contribution in [0.15, 0.2) is 0 Å². The van der Waals surface area contributed by atoms with E-state index in [-0.39, 0.29) is 12.0 Å². The number of carbonyl (C=O) groups is 1. The summed E-state index contributed by atoms with van der Waals surface area (Å²) >= 11 is 0. The zero-order valence-corrected chi connectivity index (χ0v) is 7.91. The van der Waals surface area contributed by atoms with E-state index < -0.39 is 10.8 Å². The monoisotopic (exact) mass is 213 g/mol. The molecule has 13 heavy (non-hydrogen) atoms. The van der Waals surface area contributed by atoms with Crippen LogP contribution in [0.5, 0.6) is 0 Å². The van der Waals surface area contributed by atoms with Gasteiger partial charge in [0.25, 0.3) is 10.8 Å². The van der Waals surface area contributed by atoms with Gasteiger partial charge in [0.05, 0.1) is 7.11 Å². The maximum absolute atomic E-state index is 10.7. The van der Waals surface area contributed by atoms with E-state index in [1.54, 1.807) is 0 Å². The first-order valence-electron chi connectivity index (χ1n) is 3.63. The van der Waals surface area contributed by atoms with Gasteiger partial charge in [0, 0.05) is 4.66 Å². The highest BCUT2D eigenvalue weighted by Crippen LogP contribution is 2.05. The van der Waals surface area contributed by atoms with Crippen LogP contribution in [-0.2, 0) is 9.53 Å². The van der Waals surface area contributed by atoms with E-state index >= 15 is 0 Å². The largest absolute Gasteiger partial charge is 0.468 e. The molecule has 0 radical (unpaired) electrons. The predicted octanol–water partition coefficient (Wildman–Crippen LogP) is -3.02. The van der Waals surface area contributed by atoms with Gasteiger partial charge >= 0.3 is 5.97 Å². The zero-order chi connectivity index (χ0) is 10.3. The number of carbonyl (C=O) groups excluding carboxylic acids is 1. The van der Waals surface area contributed by atoms with E-state index in [1.807, 2.05) is 0 Å².